The van der Waals surface area contributed by atoms with Crippen molar-refractivity contribution in [2.45, 2.75) is 12.8 Å². The van der Waals surface area contributed by atoms with E-state index in [1.165, 1.54) is 11.1 Å². The summed E-state index contributed by atoms with van der Waals surface area (Å²) in [6.45, 7) is 0.703. The zero-order valence-corrected chi connectivity index (χ0v) is 6.96. The fourth-order valence-corrected chi connectivity index (χ4v) is 1.92. The van der Waals surface area contributed by atoms with Gasteiger partial charge in [-0.2, -0.15) is 0 Å². The highest BCUT2D eigenvalue weighted by molar-refractivity contribution is 5.32. The quantitative estimate of drug-likeness (QED) is 0.645. The fraction of sp³-hybridized carbons (Fsp3) is 0.400. The van der Waals surface area contributed by atoms with Gasteiger partial charge in [0.05, 0.1) is 0 Å². The van der Waals surface area contributed by atoms with E-state index in [2.05, 4.69) is 29.7 Å². The molecule has 0 unspecified atom stereocenters. The molecule has 0 spiro atoms. The maximum absolute atomic E-state index is 8.56. The van der Waals surface area contributed by atoms with Crippen LogP contribution in [0.25, 0.3) is 0 Å². The van der Waals surface area contributed by atoms with Crippen LogP contribution in [0.5, 0.6) is 0 Å². The van der Waals surface area contributed by atoms with Gasteiger partial charge in [0.25, 0.3) is 0 Å². The number of hydrogen-bond donors (Lipinski definition) is 2. The summed E-state index contributed by atoms with van der Waals surface area (Å²) in [4.78, 5) is 0. The summed E-state index contributed by atoms with van der Waals surface area (Å²) in [6, 6.07) is 8.50. The van der Waals surface area contributed by atoms with Crippen LogP contribution in [0.1, 0.15) is 11.1 Å². The lowest BCUT2D eigenvalue weighted by Gasteiger charge is -2.04. The Labute approximate surface area is 72.2 Å². The molecule has 0 saturated carbocycles. The third-order valence-corrected chi connectivity index (χ3v) is 2.52. The van der Waals surface area contributed by atoms with Gasteiger partial charge in [0, 0.05) is 6.54 Å². The summed E-state index contributed by atoms with van der Waals surface area (Å²) in [7, 11) is 0. The maximum Gasteiger partial charge on any atom is 0.0242 e. The Hall–Kier alpha value is -0.860. The molecular formula is C10H13NO. The van der Waals surface area contributed by atoms with Gasteiger partial charge in [0.15, 0.2) is 0 Å². The topological polar surface area (TPSA) is 32.3 Å². The third-order valence-electron chi connectivity index (χ3n) is 2.52. The van der Waals surface area contributed by atoms with Crippen LogP contribution >= 0.6 is 0 Å². The van der Waals surface area contributed by atoms with Gasteiger partial charge < -0.3 is 5.21 Å². The maximum atomic E-state index is 8.56. The van der Waals surface area contributed by atoms with Crippen LogP contribution in [0.3, 0.4) is 0 Å². The number of hydroxylamine groups is 1. The van der Waals surface area contributed by atoms with E-state index in [9.17, 15) is 0 Å². The van der Waals surface area contributed by atoms with Gasteiger partial charge in [0.2, 0.25) is 0 Å². The Morgan fingerprint density at radius 3 is 2.33 bits per heavy atom. The van der Waals surface area contributed by atoms with Crippen molar-refractivity contribution in [3.05, 3.63) is 35.4 Å². The van der Waals surface area contributed by atoms with Gasteiger partial charge in [-0.3, -0.25) is 0 Å². The van der Waals surface area contributed by atoms with Crippen molar-refractivity contribution in [3.8, 4) is 0 Å². The molecule has 1 aliphatic carbocycles. The summed E-state index contributed by atoms with van der Waals surface area (Å²) in [6.07, 6.45) is 2.20. The molecule has 2 heteroatoms. The summed E-state index contributed by atoms with van der Waals surface area (Å²) in [5, 5.41) is 8.56. The minimum absolute atomic E-state index is 0.576. The highest BCUT2D eigenvalue weighted by Gasteiger charge is 2.19. The molecule has 0 aliphatic heterocycles. The zero-order chi connectivity index (χ0) is 8.39. The van der Waals surface area contributed by atoms with Crippen LogP contribution in [0.2, 0.25) is 0 Å². The molecule has 12 heavy (non-hydrogen) atoms. The highest BCUT2D eigenvalue weighted by Crippen LogP contribution is 2.25. The second kappa shape index (κ2) is 3.25. The summed E-state index contributed by atoms with van der Waals surface area (Å²) in [5.41, 5.74) is 5.13. The van der Waals surface area contributed by atoms with Crippen molar-refractivity contribution < 1.29 is 5.21 Å². The first-order valence-corrected chi connectivity index (χ1v) is 4.34. The predicted molar refractivity (Wildman–Crippen MR) is 47.1 cm³/mol. The Kier molecular flexibility index (Phi) is 2.11. The van der Waals surface area contributed by atoms with Crippen LogP contribution in [0.15, 0.2) is 24.3 Å². The van der Waals surface area contributed by atoms with Gasteiger partial charge in [-0.1, -0.05) is 24.3 Å². The lowest BCUT2D eigenvalue weighted by Crippen LogP contribution is -2.19. The molecule has 2 N–H and O–H groups in total. The van der Waals surface area contributed by atoms with Gasteiger partial charge in [0.1, 0.15) is 0 Å². The van der Waals surface area contributed by atoms with E-state index in [-0.39, 0.29) is 0 Å². The van der Waals surface area contributed by atoms with Gasteiger partial charge in [-0.15, -0.1) is 0 Å². The molecule has 0 aromatic heterocycles. The molecule has 1 aliphatic rings. The van der Waals surface area contributed by atoms with E-state index in [0.717, 1.165) is 12.8 Å². The van der Waals surface area contributed by atoms with Crippen molar-refractivity contribution in [1.82, 2.24) is 5.48 Å². The van der Waals surface area contributed by atoms with Crippen LogP contribution in [-0.2, 0) is 12.8 Å². The molecule has 0 saturated heterocycles. The Bertz CT molecular complexity index is 247. The molecular weight excluding hydrogens is 150 g/mol. The van der Waals surface area contributed by atoms with E-state index in [1.54, 1.807) is 0 Å². The Morgan fingerprint density at radius 1 is 1.25 bits per heavy atom. The normalized spacial score (nSPS) is 16.4. The van der Waals surface area contributed by atoms with Gasteiger partial charge in [-0.05, 0) is 29.9 Å². The lowest BCUT2D eigenvalue weighted by molar-refractivity contribution is 0.150. The second-order valence-corrected chi connectivity index (χ2v) is 3.41. The average Bonchev–Trinajstić information content (AvgIpc) is 2.47. The first kappa shape index (κ1) is 7.77. The standard InChI is InChI=1S/C10H13NO/c12-11-7-8-5-9-3-1-2-4-10(9)6-8/h1-4,8,11-12H,5-7H2. The summed E-state index contributed by atoms with van der Waals surface area (Å²) >= 11 is 0. The number of rotatable bonds is 2. The first-order chi connectivity index (χ1) is 5.90. The largest absolute Gasteiger partial charge is 0.317 e. The molecule has 64 valence electrons. The lowest BCUT2D eigenvalue weighted by atomic mass is 10.1. The van der Waals surface area contributed by atoms with Gasteiger partial charge >= 0.3 is 0 Å². The van der Waals surface area contributed by atoms with Gasteiger partial charge in [-0.25, -0.2) is 5.48 Å². The first-order valence-electron chi connectivity index (χ1n) is 4.34. The van der Waals surface area contributed by atoms with Crippen LogP contribution in [0.4, 0.5) is 0 Å². The average molecular weight is 163 g/mol. The second-order valence-electron chi connectivity index (χ2n) is 3.41. The van der Waals surface area contributed by atoms with Crippen molar-refractivity contribution in [1.29, 1.82) is 0 Å². The minimum Gasteiger partial charge on any atom is -0.317 e. The number of nitrogens with one attached hydrogen (secondary N) is 1. The van der Waals surface area contributed by atoms with Crippen molar-refractivity contribution >= 4 is 0 Å². The molecule has 0 bridgehead atoms. The number of fused-ring (bicyclic) bond motifs is 1. The van der Waals surface area contributed by atoms with Crippen LogP contribution < -0.4 is 5.48 Å². The Morgan fingerprint density at radius 2 is 1.83 bits per heavy atom. The molecule has 0 radical (unpaired) electrons. The molecule has 2 nitrogen and oxygen atoms in total. The third kappa shape index (κ3) is 1.36. The van der Waals surface area contributed by atoms with E-state index in [0.29, 0.717) is 12.5 Å². The van der Waals surface area contributed by atoms with E-state index in [1.807, 2.05) is 0 Å². The van der Waals surface area contributed by atoms with E-state index < -0.39 is 0 Å². The SMILES string of the molecule is ONCC1Cc2ccccc2C1. The molecule has 0 atom stereocenters. The van der Waals surface area contributed by atoms with Crippen molar-refractivity contribution in [2.24, 2.45) is 5.92 Å². The highest BCUT2D eigenvalue weighted by atomic mass is 16.5. The summed E-state index contributed by atoms with van der Waals surface area (Å²) in [5.74, 6) is 0.576. The smallest absolute Gasteiger partial charge is 0.0242 e. The fourth-order valence-electron chi connectivity index (χ4n) is 1.92. The molecule has 0 fully saturated rings. The molecule has 0 heterocycles. The van der Waals surface area contributed by atoms with Crippen molar-refractivity contribution in [2.75, 3.05) is 6.54 Å². The summed E-state index contributed by atoms with van der Waals surface area (Å²) < 4.78 is 0. The molecule has 1 aromatic carbocycles. The van der Waals surface area contributed by atoms with Crippen molar-refractivity contribution in [3.63, 3.8) is 0 Å². The van der Waals surface area contributed by atoms with E-state index >= 15 is 0 Å². The van der Waals surface area contributed by atoms with E-state index in [4.69, 9.17) is 5.21 Å². The Balaban J connectivity index is 2.11. The number of hydrogen-bond acceptors (Lipinski definition) is 2. The monoisotopic (exact) mass is 163 g/mol. The predicted octanol–water partition coefficient (Wildman–Crippen LogP) is 1.38. The minimum atomic E-state index is 0.576. The molecule has 1 aromatic rings. The van der Waals surface area contributed by atoms with Crippen LogP contribution in [-0.4, -0.2) is 11.8 Å². The van der Waals surface area contributed by atoms with Crippen LogP contribution in [0, 0.1) is 5.92 Å². The molecule has 2 rings (SSSR count). The number of benzene rings is 1. The zero-order valence-electron chi connectivity index (χ0n) is 6.96. The molecule has 0 amide bonds.